The Morgan fingerprint density at radius 3 is 2.75 bits per heavy atom. The summed E-state index contributed by atoms with van der Waals surface area (Å²) in [4.78, 5) is 0. The average molecular weight is 268 g/mol. The van der Waals surface area contributed by atoms with Gasteiger partial charge in [-0.1, -0.05) is 48.0 Å². The minimum atomic E-state index is -0.454. The Kier molecular flexibility index (Phi) is 3.75. The van der Waals surface area contributed by atoms with Crippen molar-refractivity contribution in [3.05, 3.63) is 64.7 Å². The van der Waals surface area contributed by atoms with E-state index in [4.69, 9.17) is 4.74 Å². The molecule has 2 aromatic carbocycles. The van der Waals surface area contributed by atoms with Crippen molar-refractivity contribution in [2.24, 2.45) is 0 Å². The number of hydrogen-bond donors (Lipinski definition) is 1. The third-order valence-electron chi connectivity index (χ3n) is 3.93. The molecule has 1 aliphatic heterocycles. The van der Waals surface area contributed by atoms with Crippen LogP contribution in [0.3, 0.4) is 0 Å². The van der Waals surface area contributed by atoms with Crippen molar-refractivity contribution in [2.45, 2.75) is 32.3 Å². The summed E-state index contributed by atoms with van der Waals surface area (Å²) in [5, 5.41) is 10.4. The summed E-state index contributed by atoms with van der Waals surface area (Å²) < 4.78 is 5.66. The first-order chi connectivity index (χ1) is 9.74. The lowest BCUT2D eigenvalue weighted by Crippen LogP contribution is -2.02. The third kappa shape index (κ3) is 2.70. The first kappa shape index (κ1) is 13.2. The molecular weight excluding hydrogens is 248 g/mol. The molecule has 2 aromatic rings. The van der Waals surface area contributed by atoms with Gasteiger partial charge in [-0.15, -0.1) is 0 Å². The Hall–Kier alpha value is -1.80. The van der Waals surface area contributed by atoms with Crippen molar-refractivity contribution < 1.29 is 9.84 Å². The molecule has 0 radical (unpaired) electrons. The predicted octanol–water partition coefficient (Wildman–Crippen LogP) is 3.60. The molecule has 0 aromatic heterocycles. The molecule has 1 unspecified atom stereocenters. The van der Waals surface area contributed by atoms with E-state index in [1.807, 2.05) is 12.1 Å². The molecule has 1 N–H and O–H groups in total. The molecule has 3 rings (SSSR count). The molecular formula is C18H20O2. The molecule has 1 aliphatic rings. The van der Waals surface area contributed by atoms with E-state index < -0.39 is 6.10 Å². The van der Waals surface area contributed by atoms with Gasteiger partial charge in [-0.05, 0) is 30.9 Å². The van der Waals surface area contributed by atoms with Crippen LogP contribution >= 0.6 is 0 Å². The van der Waals surface area contributed by atoms with Crippen LogP contribution in [0.5, 0.6) is 5.75 Å². The fourth-order valence-corrected chi connectivity index (χ4v) is 2.72. The van der Waals surface area contributed by atoms with Crippen molar-refractivity contribution in [1.82, 2.24) is 0 Å². The molecule has 0 aliphatic carbocycles. The van der Waals surface area contributed by atoms with Crippen molar-refractivity contribution in [1.29, 1.82) is 0 Å². The predicted molar refractivity (Wildman–Crippen MR) is 80.1 cm³/mol. The van der Waals surface area contributed by atoms with Crippen LogP contribution in [-0.2, 0) is 12.8 Å². The molecule has 0 amide bonds. The summed E-state index contributed by atoms with van der Waals surface area (Å²) in [7, 11) is 0. The van der Waals surface area contributed by atoms with Gasteiger partial charge in [-0.3, -0.25) is 0 Å². The number of aliphatic hydroxyl groups is 1. The van der Waals surface area contributed by atoms with Gasteiger partial charge < -0.3 is 9.84 Å². The van der Waals surface area contributed by atoms with Crippen molar-refractivity contribution in [2.75, 3.05) is 6.61 Å². The highest BCUT2D eigenvalue weighted by atomic mass is 16.5. The van der Waals surface area contributed by atoms with E-state index in [2.05, 4.69) is 37.3 Å². The van der Waals surface area contributed by atoms with Crippen molar-refractivity contribution in [3.63, 3.8) is 0 Å². The number of rotatable bonds is 4. The lowest BCUT2D eigenvalue weighted by atomic mass is 9.98. The second-order valence-corrected chi connectivity index (χ2v) is 5.47. The monoisotopic (exact) mass is 268 g/mol. The Morgan fingerprint density at radius 2 is 1.95 bits per heavy atom. The summed E-state index contributed by atoms with van der Waals surface area (Å²) in [6.45, 7) is 2.82. The average Bonchev–Trinajstić information content (AvgIpc) is 2.94. The second kappa shape index (κ2) is 5.68. The molecule has 1 atom stereocenters. The molecule has 104 valence electrons. The zero-order valence-electron chi connectivity index (χ0n) is 11.8. The molecule has 2 heteroatoms. The molecule has 0 fully saturated rings. The standard InChI is InChI=1S/C18H20O2/c1-13-5-7-14(8-6-13)9-10-17(19)16-4-2-3-15-11-12-20-18(15)16/h2-8,17,19H,9-12H2,1H3. The molecule has 0 spiro atoms. The smallest absolute Gasteiger partial charge is 0.128 e. The van der Waals surface area contributed by atoms with E-state index in [1.165, 1.54) is 16.7 Å². The summed E-state index contributed by atoms with van der Waals surface area (Å²) >= 11 is 0. The Bertz CT molecular complexity index is 587. The number of benzene rings is 2. The van der Waals surface area contributed by atoms with E-state index >= 15 is 0 Å². The maximum Gasteiger partial charge on any atom is 0.128 e. The molecule has 0 bridgehead atoms. The molecule has 0 saturated heterocycles. The highest BCUT2D eigenvalue weighted by molar-refractivity contribution is 5.45. The number of aliphatic hydroxyl groups excluding tert-OH is 1. The fourth-order valence-electron chi connectivity index (χ4n) is 2.72. The van der Waals surface area contributed by atoms with E-state index in [9.17, 15) is 5.11 Å². The minimum absolute atomic E-state index is 0.454. The maximum atomic E-state index is 10.4. The van der Waals surface area contributed by atoms with Crippen molar-refractivity contribution >= 4 is 0 Å². The van der Waals surface area contributed by atoms with Gasteiger partial charge in [0.05, 0.1) is 12.7 Å². The molecule has 0 saturated carbocycles. The fraction of sp³-hybridized carbons (Fsp3) is 0.333. The van der Waals surface area contributed by atoms with E-state index in [1.54, 1.807) is 0 Å². The van der Waals surface area contributed by atoms with Gasteiger partial charge in [0.15, 0.2) is 0 Å². The Morgan fingerprint density at radius 1 is 1.15 bits per heavy atom. The number of para-hydroxylation sites is 1. The van der Waals surface area contributed by atoms with Gasteiger partial charge in [0.25, 0.3) is 0 Å². The number of aryl methyl sites for hydroxylation is 2. The van der Waals surface area contributed by atoms with Gasteiger partial charge >= 0.3 is 0 Å². The quantitative estimate of drug-likeness (QED) is 0.918. The second-order valence-electron chi connectivity index (χ2n) is 5.47. The number of fused-ring (bicyclic) bond motifs is 1. The zero-order chi connectivity index (χ0) is 13.9. The van der Waals surface area contributed by atoms with Crippen LogP contribution < -0.4 is 4.74 Å². The maximum absolute atomic E-state index is 10.4. The first-order valence-electron chi connectivity index (χ1n) is 7.22. The van der Waals surface area contributed by atoms with Gasteiger partial charge in [0.1, 0.15) is 5.75 Å². The highest BCUT2D eigenvalue weighted by Crippen LogP contribution is 2.34. The van der Waals surface area contributed by atoms with Crippen LogP contribution in [0, 0.1) is 6.92 Å². The lowest BCUT2D eigenvalue weighted by Gasteiger charge is -2.14. The van der Waals surface area contributed by atoms with Crippen LogP contribution in [0.15, 0.2) is 42.5 Å². The largest absolute Gasteiger partial charge is 0.493 e. The summed E-state index contributed by atoms with van der Waals surface area (Å²) in [6, 6.07) is 14.6. The Labute approximate surface area is 120 Å². The zero-order valence-corrected chi connectivity index (χ0v) is 11.8. The summed E-state index contributed by atoms with van der Waals surface area (Å²) in [5.41, 5.74) is 4.69. The minimum Gasteiger partial charge on any atom is -0.493 e. The molecule has 20 heavy (non-hydrogen) atoms. The van der Waals surface area contributed by atoms with E-state index in [-0.39, 0.29) is 0 Å². The number of hydrogen-bond acceptors (Lipinski definition) is 2. The lowest BCUT2D eigenvalue weighted by molar-refractivity contribution is 0.163. The Balaban J connectivity index is 1.69. The van der Waals surface area contributed by atoms with Gasteiger partial charge in [0, 0.05) is 12.0 Å². The van der Waals surface area contributed by atoms with Crippen LogP contribution in [0.2, 0.25) is 0 Å². The SMILES string of the molecule is Cc1ccc(CCC(O)c2cccc3c2OCC3)cc1. The van der Waals surface area contributed by atoms with Crippen LogP contribution in [0.25, 0.3) is 0 Å². The normalized spacial score (nSPS) is 14.7. The first-order valence-corrected chi connectivity index (χ1v) is 7.22. The van der Waals surface area contributed by atoms with Crippen LogP contribution in [0.4, 0.5) is 0 Å². The van der Waals surface area contributed by atoms with Crippen molar-refractivity contribution in [3.8, 4) is 5.75 Å². The van der Waals surface area contributed by atoms with Crippen LogP contribution in [-0.4, -0.2) is 11.7 Å². The van der Waals surface area contributed by atoms with Gasteiger partial charge in [-0.2, -0.15) is 0 Å². The van der Waals surface area contributed by atoms with Crippen LogP contribution in [0.1, 0.15) is 34.8 Å². The topological polar surface area (TPSA) is 29.5 Å². The highest BCUT2D eigenvalue weighted by Gasteiger charge is 2.20. The van der Waals surface area contributed by atoms with E-state index in [0.29, 0.717) is 0 Å². The summed E-state index contributed by atoms with van der Waals surface area (Å²) in [6.07, 6.45) is 2.10. The molecule has 1 heterocycles. The van der Waals surface area contributed by atoms with Gasteiger partial charge in [0.2, 0.25) is 0 Å². The third-order valence-corrected chi connectivity index (χ3v) is 3.93. The van der Waals surface area contributed by atoms with E-state index in [0.717, 1.165) is 37.2 Å². The number of ether oxygens (including phenoxy) is 1. The summed E-state index contributed by atoms with van der Waals surface area (Å²) in [5.74, 6) is 0.906. The molecule has 2 nitrogen and oxygen atoms in total. The van der Waals surface area contributed by atoms with Gasteiger partial charge in [-0.25, -0.2) is 0 Å².